The number of hydrogen-bond acceptors (Lipinski definition) is 9. The van der Waals surface area contributed by atoms with E-state index >= 15 is 0 Å². The number of methoxy groups -OCH3 is 1. The fraction of sp³-hybridized carbons (Fsp3) is 0.531. The van der Waals surface area contributed by atoms with Crippen LogP contribution in [0.5, 0.6) is 5.88 Å². The number of allylic oxidation sites excluding steroid dienone is 1. The number of rotatable bonds is 7. The lowest BCUT2D eigenvalue weighted by Crippen LogP contribution is -2.38. The van der Waals surface area contributed by atoms with Gasteiger partial charge >= 0.3 is 0 Å². The highest BCUT2D eigenvalue weighted by atomic mass is 16.5. The molecule has 1 aliphatic rings. The minimum absolute atomic E-state index is 0.120. The molecule has 2 unspecified atom stereocenters. The number of aromatic amines is 1. The van der Waals surface area contributed by atoms with Crippen molar-refractivity contribution in [1.82, 2.24) is 24.9 Å². The van der Waals surface area contributed by atoms with Crippen LogP contribution in [0.4, 0.5) is 0 Å². The topological polar surface area (TPSA) is 136 Å². The molecule has 2 bridgehead atoms. The minimum Gasteiger partial charge on any atom is -0.476 e. The van der Waals surface area contributed by atoms with Gasteiger partial charge in [-0.3, -0.25) is 15.0 Å². The van der Waals surface area contributed by atoms with Gasteiger partial charge in [-0.1, -0.05) is 26.8 Å². The molecule has 11 heteroatoms. The third kappa shape index (κ3) is 8.46. The van der Waals surface area contributed by atoms with Crippen LogP contribution in [0, 0.1) is 0 Å². The maximum atomic E-state index is 10.1. The Morgan fingerprint density at radius 2 is 2.00 bits per heavy atom. The number of aromatic nitrogens is 4. The van der Waals surface area contributed by atoms with E-state index in [-0.39, 0.29) is 24.6 Å². The van der Waals surface area contributed by atoms with Crippen LogP contribution >= 0.6 is 0 Å². The molecule has 1 aromatic carbocycles. The largest absolute Gasteiger partial charge is 0.476 e. The fourth-order valence-corrected chi connectivity index (χ4v) is 4.91. The number of aliphatic hydroxyl groups excluding tert-OH is 1. The lowest BCUT2D eigenvalue weighted by atomic mass is 10.0. The van der Waals surface area contributed by atoms with Crippen molar-refractivity contribution >= 4 is 22.7 Å². The number of nitrogens with two attached hydrogens (primary N) is 1. The van der Waals surface area contributed by atoms with Gasteiger partial charge < -0.3 is 25.1 Å². The number of aliphatic hydroxyl groups is 1. The van der Waals surface area contributed by atoms with Crippen LogP contribution in [-0.2, 0) is 23.1 Å². The zero-order valence-corrected chi connectivity index (χ0v) is 27.1. The molecular formula is C32H49N7O4. The summed E-state index contributed by atoms with van der Waals surface area (Å²) in [6.45, 7) is 16.2. The van der Waals surface area contributed by atoms with Crippen molar-refractivity contribution < 1.29 is 19.3 Å². The number of nitrogens with zero attached hydrogens (tertiary/aromatic N) is 5. The van der Waals surface area contributed by atoms with Crippen molar-refractivity contribution in [3.63, 3.8) is 0 Å². The molecule has 0 saturated carbocycles. The van der Waals surface area contributed by atoms with Crippen molar-refractivity contribution in [2.24, 2.45) is 17.8 Å². The second-order valence-corrected chi connectivity index (χ2v) is 10.7. The van der Waals surface area contributed by atoms with Gasteiger partial charge in [0.25, 0.3) is 0 Å². The predicted molar refractivity (Wildman–Crippen MR) is 173 cm³/mol. The number of benzene rings is 1. The van der Waals surface area contributed by atoms with Crippen LogP contribution in [-0.4, -0.2) is 87.3 Å². The normalized spacial score (nSPS) is 19.7. The van der Waals surface area contributed by atoms with Crippen LogP contribution in [0.3, 0.4) is 0 Å². The first kappa shape index (κ1) is 33.8. The van der Waals surface area contributed by atoms with Gasteiger partial charge in [0.05, 0.1) is 59.1 Å². The Morgan fingerprint density at radius 1 is 1.26 bits per heavy atom. The standard InChI is InChI=1S/C30H43N7O4.C2H6/c1-8-37-15-20(5)41-30-28(27(17-39-7)35-36(30)6)21-9-11-24-23(13-21)25(34-33-24)12-10-22(29(31)40-18(2)3)26(16-37)32-14-19(4)38;1-2/h9-13,18-20,38H,8,14-17,31H2,1-7H3,(H,33,34);1-2H3/b12-10+,29-22+,32-26?;. The summed E-state index contributed by atoms with van der Waals surface area (Å²) in [7, 11) is 3.55. The molecule has 0 fully saturated rings. The monoisotopic (exact) mass is 595 g/mol. The highest BCUT2D eigenvalue weighted by Gasteiger charge is 2.24. The zero-order chi connectivity index (χ0) is 31.7. The first-order valence-corrected chi connectivity index (χ1v) is 15.1. The minimum atomic E-state index is -0.603. The predicted octanol–water partition coefficient (Wildman–Crippen LogP) is 4.67. The lowest BCUT2D eigenvalue weighted by Gasteiger charge is -2.26. The summed E-state index contributed by atoms with van der Waals surface area (Å²) >= 11 is 0. The van der Waals surface area contributed by atoms with E-state index in [1.54, 1.807) is 18.7 Å². The molecule has 236 valence electrons. The first-order valence-electron chi connectivity index (χ1n) is 15.1. The highest BCUT2D eigenvalue weighted by Crippen LogP contribution is 2.36. The van der Waals surface area contributed by atoms with Crippen molar-refractivity contribution in [2.75, 3.05) is 33.3 Å². The second-order valence-electron chi connectivity index (χ2n) is 10.7. The van der Waals surface area contributed by atoms with Crippen LogP contribution in [0.1, 0.15) is 59.9 Å². The van der Waals surface area contributed by atoms with E-state index in [2.05, 4.69) is 28.1 Å². The number of fused-ring (bicyclic) bond motifs is 3. The molecule has 0 amide bonds. The third-order valence-electron chi connectivity index (χ3n) is 6.77. The molecule has 0 saturated heterocycles. The SMILES string of the molecule is CC.CCN1CC(=NCC(C)O)C(=C(\N)OC(C)C)/C=C/c2[nH]nc3ccc(cc23)-c2c(COC)nn(C)c2OC(C)C1. The molecule has 1 aliphatic heterocycles. The lowest BCUT2D eigenvalue weighted by molar-refractivity contribution is 0.143. The van der Waals surface area contributed by atoms with Crippen LogP contribution in [0.25, 0.3) is 28.1 Å². The molecule has 43 heavy (non-hydrogen) atoms. The van der Waals surface area contributed by atoms with Gasteiger partial charge in [-0.25, -0.2) is 4.68 Å². The molecule has 3 aromatic rings. The van der Waals surface area contributed by atoms with Crippen LogP contribution in [0.2, 0.25) is 0 Å². The number of hydrogen-bond donors (Lipinski definition) is 3. The van der Waals surface area contributed by atoms with E-state index < -0.39 is 6.10 Å². The highest BCUT2D eigenvalue weighted by molar-refractivity contribution is 6.05. The zero-order valence-electron chi connectivity index (χ0n) is 27.1. The van der Waals surface area contributed by atoms with Crippen molar-refractivity contribution in [2.45, 2.75) is 73.4 Å². The van der Waals surface area contributed by atoms with Gasteiger partial charge in [-0.2, -0.15) is 10.2 Å². The van der Waals surface area contributed by atoms with Gasteiger partial charge in [0, 0.05) is 32.6 Å². The number of ether oxygens (including phenoxy) is 3. The third-order valence-corrected chi connectivity index (χ3v) is 6.77. The summed E-state index contributed by atoms with van der Waals surface area (Å²) in [6, 6.07) is 6.10. The fourth-order valence-electron chi connectivity index (χ4n) is 4.91. The van der Waals surface area contributed by atoms with Crippen LogP contribution < -0.4 is 10.5 Å². The maximum Gasteiger partial charge on any atom is 0.220 e. The first-order chi connectivity index (χ1) is 20.6. The smallest absolute Gasteiger partial charge is 0.220 e. The summed E-state index contributed by atoms with van der Waals surface area (Å²) in [5, 5.41) is 23.4. The Labute approximate surface area is 255 Å². The molecule has 2 aromatic heterocycles. The molecule has 2 atom stereocenters. The van der Waals surface area contributed by atoms with Gasteiger partial charge in [-0.15, -0.1) is 0 Å². The van der Waals surface area contributed by atoms with E-state index in [0.29, 0.717) is 31.1 Å². The summed E-state index contributed by atoms with van der Waals surface area (Å²) < 4.78 is 19.8. The molecule has 0 radical (unpaired) electrons. The van der Waals surface area contributed by atoms with Crippen LogP contribution in [0.15, 0.2) is 40.7 Å². The van der Waals surface area contributed by atoms with Crippen molar-refractivity contribution in [3.05, 3.63) is 47.1 Å². The van der Waals surface area contributed by atoms with Gasteiger partial charge in [-0.05, 0) is 64.1 Å². The Hall–Kier alpha value is -3.67. The van der Waals surface area contributed by atoms with E-state index in [9.17, 15) is 5.11 Å². The maximum absolute atomic E-state index is 10.1. The Balaban J connectivity index is 0.00000248. The van der Waals surface area contributed by atoms with E-state index in [0.717, 1.165) is 45.7 Å². The number of H-pyrrole nitrogens is 1. The molecule has 11 nitrogen and oxygen atoms in total. The molecule has 4 N–H and O–H groups in total. The van der Waals surface area contributed by atoms with Gasteiger partial charge in [0.2, 0.25) is 5.88 Å². The van der Waals surface area contributed by atoms with E-state index in [1.807, 2.05) is 66.0 Å². The quantitative estimate of drug-likeness (QED) is 0.336. The molecule has 0 spiro atoms. The van der Waals surface area contributed by atoms with Gasteiger partial charge in [0.1, 0.15) is 6.10 Å². The summed E-state index contributed by atoms with van der Waals surface area (Å²) in [4.78, 5) is 7.04. The second kappa shape index (κ2) is 15.7. The Kier molecular flexibility index (Phi) is 12.4. The molecule has 4 rings (SSSR count). The number of nitrogens with one attached hydrogen (secondary N) is 1. The molecule has 3 heterocycles. The van der Waals surface area contributed by atoms with Crippen molar-refractivity contribution in [3.8, 4) is 17.0 Å². The average molecular weight is 596 g/mol. The Bertz CT molecular complexity index is 1430. The molecular weight excluding hydrogens is 546 g/mol. The Morgan fingerprint density at radius 3 is 2.65 bits per heavy atom. The summed E-state index contributed by atoms with van der Waals surface area (Å²) in [5.74, 6) is 0.950. The molecule has 0 aliphatic carbocycles. The summed E-state index contributed by atoms with van der Waals surface area (Å²) in [5.41, 5.74) is 12.2. The summed E-state index contributed by atoms with van der Waals surface area (Å²) in [6.07, 6.45) is 2.96. The van der Waals surface area contributed by atoms with Gasteiger partial charge in [0.15, 0.2) is 5.88 Å². The number of aliphatic imine (C=N–C) groups is 1. The number of aryl methyl sites for hydroxylation is 1. The average Bonchev–Trinajstić information content (AvgIpc) is 3.50. The van der Waals surface area contributed by atoms with Crippen molar-refractivity contribution in [1.29, 1.82) is 0 Å². The van der Waals surface area contributed by atoms with E-state index in [1.165, 1.54) is 0 Å². The van der Waals surface area contributed by atoms with E-state index in [4.69, 9.17) is 30.0 Å². The number of likely N-dealkylation sites (N-methyl/N-ethyl adjacent to an activating group) is 1.